The molecule has 16 heavy (non-hydrogen) atoms. The molecule has 2 nitrogen and oxygen atoms in total. The highest BCUT2D eigenvalue weighted by atomic mass is 16.5. The molecule has 0 saturated carbocycles. The fourth-order valence-electron chi connectivity index (χ4n) is 1.59. The summed E-state index contributed by atoms with van der Waals surface area (Å²) < 4.78 is 5.21. The van der Waals surface area contributed by atoms with Crippen LogP contribution in [0.3, 0.4) is 0 Å². The van der Waals surface area contributed by atoms with Gasteiger partial charge < -0.3 is 10.1 Å². The molecule has 1 N–H and O–H groups in total. The van der Waals surface area contributed by atoms with Gasteiger partial charge in [-0.15, -0.1) is 0 Å². The first-order valence-corrected chi connectivity index (χ1v) is 6.02. The zero-order chi connectivity index (χ0) is 12.0. The highest BCUT2D eigenvalue weighted by molar-refractivity contribution is 5.24. The molecule has 0 radical (unpaired) electrons. The lowest BCUT2D eigenvalue weighted by molar-refractivity contribution is 0.115. The quantitative estimate of drug-likeness (QED) is 0.797. The van der Waals surface area contributed by atoms with Crippen molar-refractivity contribution in [2.45, 2.75) is 39.3 Å². The van der Waals surface area contributed by atoms with Crippen molar-refractivity contribution in [3.8, 4) is 0 Å². The van der Waals surface area contributed by atoms with Gasteiger partial charge in [-0.05, 0) is 31.4 Å². The van der Waals surface area contributed by atoms with Gasteiger partial charge in [0.2, 0.25) is 0 Å². The van der Waals surface area contributed by atoms with Crippen molar-refractivity contribution in [2.24, 2.45) is 0 Å². The average molecular weight is 221 g/mol. The number of aryl methyl sites for hydroxylation is 1. The van der Waals surface area contributed by atoms with E-state index in [0.717, 1.165) is 13.0 Å². The molecule has 2 unspecified atom stereocenters. The third kappa shape index (κ3) is 3.95. The third-order valence-corrected chi connectivity index (χ3v) is 3.00. The molecule has 0 aliphatic heterocycles. The van der Waals surface area contributed by atoms with Gasteiger partial charge in [0.1, 0.15) is 0 Å². The largest absolute Gasteiger partial charge is 0.380 e. The van der Waals surface area contributed by atoms with Crippen LogP contribution in [0, 0.1) is 0 Å². The van der Waals surface area contributed by atoms with Crippen LogP contribution in [0.25, 0.3) is 0 Å². The highest BCUT2D eigenvalue weighted by Crippen LogP contribution is 2.13. The van der Waals surface area contributed by atoms with Crippen molar-refractivity contribution in [2.75, 3.05) is 13.7 Å². The first kappa shape index (κ1) is 13.2. The summed E-state index contributed by atoms with van der Waals surface area (Å²) in [4.78, 5) is 0. The lowest BCUT2D eigenvalue weighted by atomic mass is 10.0. The van der Waals surface area contributed by atoms with Gasteiger partial charge in [0.25, 0.3) is 0 Å². The van der Waals surface area contributed by atoms with Gasteiger partial charge in [-0.25, -0.2) is 0 Å². The molecule has 2 heteroatoms. The molecule has 0 heterocycles. The van der Waals surface area contributed by atoms with Gasteiger partial charge in [-0.3, -0.25) is 0 Å². The molecule has 0 spiro atoms. The summed E-state index contributed by atoms with van der Waals surface area (Å²) in [7, 11) is 1.74. The van der Waals surface area contributed by atoms with Crippen molar-refractivity contribution in [1.82, 2.24) is 5.32 Å². The molecule has 2 atom stereocenters. The zero-order valence-corrected chi connectivity index (χ0v) is 10.8. The van der Waals surface area contributed by atoms with Gasteiger partial charge >= 0.3 is 0 Å². The van der Waals surface area contributed by atoms with E-state index >= 15 is 0 Å². The van der Waals surface area contributed by atoms with E-state index in [1.165, 1.54) is 11.1 Å². The average Bonchev–Trinajstić information content (AvgIpc) is 2.35. The normalized spacial score (nSPS) is 14.8. The number of nitrogens with one attached hydrogen (secondary N) is 1. The van der Waals surface area contributed by atoms with Crippen LogP contribution in [0.1, 0.15) is 37.9 Å². The van der Waals surface area contributed by atoms with E-state index in [1.54, 1.807) is 7.11 Å². The fraction of sp³-hybridized carbons (Fsp3) is 0.571. The van der Waals surface area contributed by atoms with Crippen LogP contribution < -0.4 is 5.32 Å². The van der Waals surface area contributed by atoms with Crippen LogP contribution in [-0.4, -0.2) is 19.8 Å². The summed E-state index contributed by atoms with van der Waals surface area (Å²) >= 11 is 0. The van der Waals surface area contributed by atoms with E-state index in [9.17, 15) is 0 Å². The van der Waals surface area contributed by atoms with Crippen molar-refractivity contribution >= 4 is 0 Å². The Hall–Kier alpha value is -0.860. The summed E-state index contributed by atoms with van der Waals surface area (Å²) in [5.41, 5.74) is 2.72. The van der Waals surface area contributed by atoms with Crippen molar-refractivity contribution in [3.05, 3.63) is 35.4 Å². The Morgan fingerprint density at radius 3 is 2.31 bits per heavy atom. The van der Waals surface area contributed by atoms with Crippen LogP contribution in [0.2, 0.25) is 0 Å². The third-order valence-electron chi connectivity index (χ3n) is 3.00. The Bertz CT molecular complexity index is 294. The molecular weight excluding hydrogens is 198 g/mol. The van der Waals surface area contributed by atoms with Crippen molar-refractivity contribution in [3.63, 3.8) is 0 Å². The number of rotatable bonds is 6. The second-order valence-corrected chi connectivity index (χ2v) is 4.27. The Morgan fingerprint density at radius 2 is 1.81 bits per heavy atom. The predicted molar refractivity (Wildman–Crippen MR) is 68.7 cm³/mol. The van der Waals surface area contributed by atoms with Gasteiger partial charge in [0, 0.05) is 19.7 Å². The fourth-order valence-corrected chi connectivity index (χ4v) is 1.59. The van der Waals surface area contributed by atoms with E-state index in [-0.39, 0.29) is 6.10 Å². The minimum absolute atomic E-state index is 0.261. The molecule has 0 bridgehead atoms. The van der Waals surface area contributed by atoms with Crippen LogP contribution in [0.5, 0.6) is 0 Å². The summed E-state index contributed by atoms with van der Waals surface area (Å²) in [6, 6.07) is 9.19. The van der Waals surface area contributed by atoms with Gasteiger partial charge in [-0.2, -0.15) is 0 Å². The van der Waals surface area contributed by atoms with Crippen molar-refractivity contribution in [1.29, 1.82) is 0 Å². The van der Waals surface area contributed by atoms with E-state index in [1.807, 2.05) is 0 Å². The second kappa shape index (κ2) is 6.66. The zero-order valence-electron chi connectivity index (χ0n) is 10.8. The molecule has 0 fully saturated rings. The van der Waals surface area contributed by atoms with E-state index in [0.29, 0.717) is 6.04 Å². The molecule has 90 valence electrons. The molecule has 0 aromatic heterocycles. The minimum atomic E-state index is 0.261. The first-order chi connectivity index (χ1) is 7.67. The Kier molecular flexibility index (Phi) is 5.50. The Balaban J connectivity index is 2.49. The van der Waals surface area contributed by atoms with E-state index < -0.39 is 0 Å². The topological polar surface area (TPSA) is 21.3 Å². The van der Waals surface area contributed by atoms with Crippen LogP contribution >= 0.6 is 0 Å². The standard InChI is InChI=1S/C14H23NO/c1-5-13-6-8-14(9-7-13)12(3)15-10-11(2)16-4/h6-9,11-12,15H,5,10H2,1-4H3. The molecule has 1 aromatic carbocycles. The molecule has 0 saturated heterocycles. The smallest absolute Gasteiger partial charge is 0.0667 e. The second-order valence-electron chi connectivity index (χ2n) is 4.27. The number of hydrogen-bond donors (Lipinski definition) is 1. The minimum Gasteiger partial charge on any atom is -0.380 e. The first-order valence-electron chi connectivity index (χ1n) is 6.02. The van der Waals surface area contributed by atoms with Crippen LogP contribution in [0.4, 0.5) is 0 Å². The van der Waals surface area contributed by atoms with Gasteiger partial charge in [0.05, 0.1) is 6.10 Å². The molecule has 1 aromatic rings. The summed E-state index contributed by atoms with van der Waals surface area (Å²) in [6.07, 6.45) is 1.36. The SMILES string of the molecule is CCc1ccc(C(C)NCC(C)OC)cc1. The summed E-state index contributed by atoms with van der Waals surface area (Å²) in [5, 5.41) is 3.46. The molecule has 1 rings (SSSR count). The van der Waals surface area contributed by atoms with E-state index in [4.69, 9.17) is 4.74 Å². The molecule has 0 aliphatic rings. The highest BCUT2D eigenvalue weighted by Gasteiger charge is 2.06. The summed E-state index contributed by atoms with van der Waals surface area (Å²) in [5.74, 6) is 0. The Morgan fingerprint density at radius 1 is 1.19 bits per heavy atom. The predicted octanol–water partition coefficient (Wildman–Crippen LogP) is 2.93. The molecule has 0 aliphatic carbocycles. The van der Waals surface area contributed by atoms with Gasteiger partial charge in [0.15, 0.2) is 0 Å². The van der Waals surface area contributed by atoms with Crippen LogP contribution in [0.15, 0.2) is 24.3 Å². The lowest BCUT2D eigenvalue weighted by Gasteiger charge is -2.17. The van der Waals surface area contributed by atoms with Gasteiger partial charge in [-0.1, -0.05) is 31.2 Å². The van der Waals surface area contributed by atoms with Crippen molar-refractivity contribution < 1.29 is 4.74 Å². The number of hydrogen-bond acceptors (Lipinski definition) is 2. The summed E-state index contributed by atoms with van der Waals surface area (Å²) in [6.45, 7) is 7.31. The maximum Gasteiger partial charge on any atom is 0.0667 e. The maximum atomic E-state index is 5.21. The molecular formula is C14H23NO. The van der Waals surface area contributed by atoms with Crippen LogP contribution in [-0.2, 0) is 11.2 Å². The molecule has 0 amide bonds. The lowest BCUT2D eigenvalue weighted by Crippen LogP contribution is -2.28. The number of ether oxygens (including phenoxy) is 1. The maximum absolute atomic E-state index is 5.21. The Labute approximate surface area is 99.0 Å². The number of benzene rings is 1. The van der Waals surface area contributed by atoms with E-state index in [2.05, 4.69) is 50.4 Å². The number of methoxy groups -OCH3 is 1. The monoisotopic (exact) mass is 221 g/mol.